The maximum absolute atomic E-state index is 12.5. The van der Waals surface area contributed by atoms with Gasteiger partial charge in [0.1, 0.15) is 5.75 Å². The molecule has 4 rings (SSSR count). The second-order valence-electron chi connectivity index (χ2n) is 7.24. The fraction of sp³-hybridized carbons (Fsp3) is 0.611. The van der Waals surface area contributed by atoms with Crippen LogP contribution in [0, 0.1) is 11.3 Å². The van der Waals surface area contributed by atoms with E-state index in [2.05, 4.69) is 11.4 Å². The molecule has 1 amide bonds. The number of benzene rings is 1. The fourth-order valence-electron chi connectivity index (χ4n) is 3.68. The Kier molecular flexibility index (Phi) is 3.58. The third-order valence-electron chi connectivity index (χ3n) is 5.62. The van der Waals surface area contributed by atoms with E-state index in [0.29, 0.717) is 19.4 Å². The molecule has 23 heavy (non-hydrogen) atoms. The molecule has 5 heteroatoms. The number of ether oxygens (including phenoxy) is 1. The molecule has 2 aliphatic carbocycles. The minimum atomic E-state index is -0.569. The van der Waals surface area contributed by atoms with E-state index in [-0.39, 0.29) is 30.6 Å². The van der Waals surface area contributed by atoms with E-state index in [1.165, 1.54) is 5.56 Å². The van der Waals surface area contributed by atoms with Crippen LogP contribution in [-0.2, 0) is 11.2 Å². The Labute approximate surface area is 135 Å². The Bertz CT molecular complexity index is 619. The Hall–Kier alpha value is -1.59. The highest BCUT2D eigenvalue weighted by Gasteiger charge is 2.50. The molecule has 124 valence electrons. The van der Waals surface area contributed by atoms with Gasteiger partial charge in [0.25, 0.3) is 0 Å². The number of aliphatic hydroxyl groups is 2. The van der Waals surface area contributed by atoms with E-state index >= 15 is 0 Å². The molecule has 2 saturated carbocycles. The van der Waals surface area contributed by atoms with Crippen molar-refractivity contribution in [1.82, 2.24) is 5.32 Å². The van der Waals surface area contributed by atoms with E-state index in [1.807, 2.05) is 12.1 Å². The third kappa shape index (κ3) is 2.62. The van der Waals surface area contributed by atoms with Gasteiger partial charge in [0.2, 0.25) is 5.91 Å². The van der Waals surface area contributed by atoms with Gasteiger partial charge in [-0.3, -0.25) is 4.79 Å². The van der Waals surface area contributed by atoms with E-state index in [0.717, 1.165) is 30.6 Å². The van der Waals surface area contributed by atoms with Gasteiger partial charge in [0, 0.05) is 6.42 Å². The van der Waals surface area contributed by atoms with Gasteiger partial charge < -0.3 is 20.3 Å². The van der Waals surface area contributed by atoms with Crippen molar-refractivity contribution < 1.29 is 19.7 Å². The molecule has 0 spiro atoms. The van der Waals surface area contributed by atoms with Crippen LogP contribution in [0.2, 0.25) is 0 Å². The summed E-state index contributed by atoms with van der Waals surface area (Å²) >= 11 is 0. The van der Waals surface area contributed by atoms with Crippen LogP contribution in [0.3, 0.4) is 0 Å². The lowest BCUT2D eigenvalue weighted by Crippen LogP contribution is -2.44. The average Bonchev–Trinajstić information content (AvgIpc) is 3.20. The zero-order valence-electron chi connectivity index (χ0n) is 13.1. The van der Waals surface area contributed by atoms with Gasteiger partial charge in [0.15, 0.2) is 0 Å². The average molecular weight is 317 g/mol. The molecule has 1 heterocycles. The van der Waals surface area contributed by atoms with Gasteiger partial charge in [-0.15, -0.1) is 0 Å². The molecule has 1 aliphatic heterocycles. The molecule has 0 aromatic heterocycles. The molecular weight excluding hydrogens is 294 g/mol. The number of aliphatic hydroxyl groups excluding tert-OH is 2. The first kappa shape index (κ1) is 15.0. The number of carbonyl (C=O) groups excluding carboxylic acids is 1. The molecule has 1 aromatic carbocycles. The largest absolute Gasteiger partial charge is 0.493 e. The van der Waals surface area contributed by atoms with Crippen LogP contribution in [0.5, 0.6) is 5.75 Å². The number of nitrogens with one attached hydrogen (secondary N) is 1. The van der Waals surface area contributed by atoms with Crippen molar-refractivity contribution in [2.24, 2.45) is 11.3 Å². The first-order valence-corrected chi connectivity index (χ1v) is 8.47. The number of amides is 1. The van der Waals surface area contributed by atoms with Crippen LogP contribution in [-0.4, -0.2) is 35.4 Å². The number of fused-ring (bicyclic) bond motifs is 1. The van der Waals surface area contributed by atoms with Crippen molar-refractivity contribution >= 4 is 5.91 Å². The molecule has 0 bridgehead atoms. The smallest absolute Gasteiger partial charge is 0.229 e. The molecule has 5 nitrogen and oxygen atoms in total. The predicted molar refractivity (Wildman–Crippen MR) is 84.0 cm³/mol. The van der Waals surface area contributed by atoms with Crippen LogP contribution in [0.15, 0.2) is 18.2 Å². The first-order chi connectivity index (χ1) is 11.1. The molecule has 2 fully saturated rings. The molecule has 0 saturated heterocycles. The number of carbonyl (C=O) groups is 1. The van der Waals surface area contributed by atoms with Crippen molar-refractivity contribution in [3.8, 4) is 5.75 Å². The lowest BCUT2D eigenvalue weighted by molar-refractivity contribution is -0.129. The monoisotopic (exact) mass is 317 g/mol. The Morgan fingerprint density at radius 1 is 1.39 bits per heavy atom. The zero-order chi connectivity index (χ0) is 16.0. The fourth-order valence-corrected chi connectivity index (χ4v) is 3.68. The Morgan fingerprint density at radius 2 is 2.17 bits per heavy atom. The second-order valence-corrected chi connectivity index (χ2v) is 7.24. The van der Waals surface area contributed by atoms with E-state index in [1.54, 1.807) is 0 Å². The summed E-state index contributed by atoms with van der Waals surface area (Å²) in [5.74, 6) is 1.13. The summed E-state index contributed by atoms with van der Waals surface area (Å²) in [7, 11) is 0. The molecular formula is C18H23NO4. The minimum Gasteiger partial charge on any atom is -0.493 e. The van der Waals surface area contributed by atoms with Crippen LogP contribution in [0.4, 0.5) is 0 Å². The quantitative estimate of drug-likeness (QED) is 0.765. The maximum atomic E-state index is 12.5. The molecule has 3 aliphatic rings. The van der Waals surface area contributed by atoms with E-state index in [4.69, 9.17) is 4.74 Å². The summed E-state index contributed by atoms with van der Waals surface area (Å²) < 4.78 is 5.55. The van der Waals surface area contributed by atoms with Crippen LogP contribution >= 0.6 is 0 Å². The van der Waals surface area contributed by atoms with Gasteiger partial charge in [-0.1, -0.05) is 6.07 Å². The van der Waals surface area contributed by atoms with Crippen molar-refractivity contribution in [2.45, 2.75) is 44.2 Å². The van der Waals surface area contributed by atoms with Crippen LogP contribution < -0.4 is 10.1 Å². The first-order valence-electron chi connectivity index (χ1n) is 8.47. The summed E-state index contributed by atoms with van der Waals surface area (Å²) in [5.41, 5.74) is 1.69. The SMILES string of the molecule is O=C(N[C@@H](c1ccc2c(c1)CCO2)C1CC(O)C1)C1(CO)CC1. The van der Waals surface area contributed by atoms with Crippen molar-refractivity contribution in [2.75, 3.05) is 13.2 Å². The lowest BCUT2D eigenvalue weighted by Gasteiger charge is -2.39. The van der Waals surface area contributed by atoms with Crippen molar-refractivity contribution in [3.63, 3.8) is 0 Å². The van der Waals surface area contributed by atoms with E-state index < -0.39 is 5.41 Å². The Morgan fingerprint density at radius 3 is 2.83 bits per heavy atom. The molecule has 0 unspecified atom stereocenters. The minimum absolute atomic E-state index is 0.0526. The van der Waals surface area contributed by atoms with Crippen molar-refractivity contribution in [1.29, 1.82) is 0 Å². The predicted octanol–water partition coefficient (Wildman–Crippen LogP) is 1.32. The maximum Gasteiger partial charge on any atom is 0.229 e. The second kappa shape index (κ2) is 5.49. The Balaban J connectivity index is 1.57. The summed E-state index contributed by atoms with van der Waals surface area (Å²) in [6, 6.07) is 6.01. The summed E-state index contributed by atoms with van der Waals surface area (Å²) in [5, 5.41) is 22.3. The summed E-state index contributed by atoms with van der Waals surface area (Å²) in [6.45, 7) is 0.627. The van der Waals surface area contributed by atoms with Crippen LogP contribution in [0.1, 0.15) is 42.9 Å². The molecule has 1 atom stereocenters. The summed E-state index contributed by atoms with van der Waals surface area (Å²) in [4.78, 5) is 12.5. The molecule has 1 aromatic rings. The standard InChI is InChI=1S/C18H23NO4/c20-10-18(4-5-18)17(22)19-16(13-8-14(21)9-13)12-1-2-15-11(7-12)3-6-23-15/h1-2,7,13-14,16,20-21H,3-6,8-10H2,(H,19,22)/t13?,14?,16-/m0/s1. The topological polar surface area (TPSA) is 78.8 Å². The number of rotatable bonds is 5. The summed E-state index contributed by atoms with van der Waals surface area (Å²) in [6.07, 6.45) is 3.58. The molecule has 0 radical (unpaired) electrons. The van der Waals surface area contributed by atoms with Crippen LogP contribution in [0.25, 0.3) is 0 Å². The highest BCUT2D eigenvalue weighted by atomic mass is 16.5. The van der Waals surface area contributed by atoms with Gasteiger partial charge in [-0.2, -0.15) is 0 Å². The highest BCUT2D eigenvalue weighted by Crippen LogP contribution is 2.47. The van der Waals surface area contributed by atoms with Gasteiger partial charge in [-0.05, 0) is 54.9 Å². The van der Waals surface area contributed by atoms with Gasteiger partial charge in [-0.25, -0.2) is 0 Å². The highest BCUT2D eigenvalue weighted by molar-refractivity contribution is 5.85. The molecule has 3 N–H and O–H groups in total. The lowest BCUT2D eigenvalue weighted by atomic mass is 9.74. The van der Waals surface area contributed by atoms with E-state index in [9.17, 15) is 15.0 Å². The zero-order valence-corrected chi connectivity index (χ0v) is 13.1. The normalized spacial score (nSPS) is 28.3. The van der Waals surface area contributed by atoms with Gasteiger partial charge in [0.05, 0.1) is 30.8 Å². The van der Waals surface area contributed by atoms with Gasteiger partial charge >= 0.3 is 0 Å². The van der Waals surface area contributed by atoms with Crippen molar-refractivity contribution in [3.05, 3.63) is 29.3 Å². The number of hydrogen-bond acceptors (Lipinski definition) is 4. The third-order valence-corrected chi connectivity index (χ3v) is 5.62. The number of hydrogen-bond donors (Lipinski definition) is 3.